The summed E-state index contributed by atoms with van der Waals surface area (Å²) in [6.45, 7) is 9.11. The summed E-state index contributed by atoms with van der Waals surface area (Å²) >= 11 is 0. The van der Waals surface area contributed by atoms with Gasteiger partial charge in [-0.3, -0.25) is 4.90 Å². The van der Waals surface area contributed by atoms with Crippen molar-refractivity contribution in [3.8, 4) is 0 Å². The van der Waals surface area contributed by atoms with Crippen molar-refractivity contribution in [1.82, 2.24) is 4.90 Å². The summed E-state index contributed by atoms with van der Waals surface area (Å²) in [6.07, 6.45) is 2.02. The van der Waals surface area contributed by atoms with E-state index in [1.54, 1.807) is 7.11 Å². The molecule has 2 atom stereocenters. The molecule has 0 amide bonds. The Morgan fingerprint density at radius 2 is 2.13 bits per heavy atom. The SMILES string of the molecule is CCN(CCOC)C1CCC(C)(C)C1O. The minimum atomic E-state index is -0.200. The van der Waals surface area contributed by atoms with Crippen LogP contribution in [0.2, 0.25) is 0 Å². The highest BCUT2D eigenvalue weighted by Gasteiger charge is 2.42. The van der Waals surface area contributed by atoms with Crippen LogP contribution in [-0.2, 0) is 4.74 Å². The van der Waals surface area contributed by atoms with E-state index in [0.717, 1.165) is 32.5 Å². The van der Waals surface area contributed by atoms with Gasteiger partial charge in [0.2, 0.25) is 0 Å². The van der Waals surface area contributed by atoms with E-state index < -0.39 is 0 Å². The Balaban J connectivity index is 2.54. The van der Waals surface area contributed by atoms with Gasteiger partial charge in [-0.25, -0.2) is 0 Å². The minimum Gasteiger partial charge on any atom is -0.391 e. The number of aliphatic hydroxyl groups excluding tert-OH is 1. The molecule has 90 valence electrons. The van der Waals surface area contributed by atoms with E-state index in [9.17, 15) is 5.11 Å². The van der Waals surface area contributed by atoms with Crippen LogP contribution in [-0.4, -0.2) is 49.0 Å². The fraction of sp³-hybridized carbons (Fsp3) is 1.00. The molecule has 0 spiro atoms. The molecule has 0 bridgehead atoms. The Hall–Kier alpha value is -0.120. The molecule has 0 saturated heterocycles. The third-order valence-electron chi connectivity index (χ3n) is 3.71. The third-order valence-corrected chi connectivity index (χ3v) is 3.71. The van der Waals surface area contributed by atoms with Gasteiger partial charge in [0.15, 0.2) is 0 Å². The number of likely N-dealkylation sites (N-methyl/N-ethyl adjacent to an activating group) is 1. The largest absolute Gasteiger partial charge is 0.391 e. The van der Waals surface area contributed by atoms with Crippen molar-refractivity contribution in [3.05, 3.63) is 0 Å². The Bertz CT molecular complexity index is 194. The second-order valence-corrected chi connectivity index (χ2v) is 5.16. The zero-order valence-electron chi connectivity index (χ0n) is 10.5. The Morgan fingerprint density at radius 3 is 2.53 bits per heavy atom. The number of nitrogens with zero attached hydrogens (tertiary/aromatic N) is 1. The molecule has 0 aromatic rings. The molecule has 3 heteroatoms. The second-order valence-electron chi connectivity index (χ2n) is 5.16. The summed E-state index contributed by atoms with van der Waals surface area (Å²) in [5.41, 5.74) is 0.0746. The predicted molar refractivity (Wildman–Crippen MR) is 61.9 cm³/mol. The van der Waals surface area contributed by atoms with Gasteiger partial charge < -0.3 is 9.84 Å². The molecule has 0 heterocycles. The van der Waals surface area contributed by atoms with Crippen LogP contribution < -0.4 is 0 Å². The van der Waals surface area contributed by atoms with Gasteiger partial charge in [0, 0.05) is 19.7 Å². The van der Waals surface area contributed by atoms with Crippen molar-refractivity contribution in [3.63, 3.8) is 0 Å². The lowest BCUT2D eigenvalue weighted by molar-refractivity contribution is 0.00864. The standard InChI is InChI=1S/C12H25NO2/c1-5-13(8-9-15-4)10-6-7-12(2,3)11(10)14/h10-11,14H,5-9H2,1-4H3. The van der Waals surface area contributed by atoms with E-state index in [2.05, 4.69) is 25.7 Å². The Labute approximate surface area is 93.4 Å². The van der Waals surface area contributed by atoms with Gasteiger partial charge in [-0.2, -0.15) is 0 Å². The molecule has 2 unspecified atom stereocenters. The van der Waals surface area contributed by atoms with E-state index in [-0.39, 0.29) is 11.5 Å². The van der Waals surface area contributed by atoms with Crippen LogP contribution in [0.15, 0.2) is 0 Å². The zero-order valence-corrected chi connectivity index (χ0v) is 10.5. The lowest BCUT2D eigenvalue weighted by Crippen LogP contribution is -2.45. The highest BCUT2D eigenvalue weighted by Crippen LogP contribution is 2.39. The number of rotatable bonds is 5. The lowest BCUT2D eigenvalue weighted by atomic mass is 9.88. The van der Waals surface area contributed by atoms with Crippen LogP contribution in [0.4, 0.5) is 0 Å². The number of hydrogen-bond acceptors (Lipinski definition) is 3. The highest BCUT2D eigenvalue weighted by molar-refractivity contribution is 4.96. The smallest absolute Gasteiger partial charge is 0.0746 e. The van der Waals surface area contributed by atoms with Crippen LogP contribution in [0.3, 0.4) is 0 Å². The summed E-state index contributed by atoms with van der Waals surface area (Å²) in [4.78, 5) is 2.34. The van der Waals surface area contributed by atoms with Crippen LogP contribution >= 0.6 is 0 Å². The minimum absolute atomic E-state index is 0.0746. The average molecular weight is 215 g/mol. The summed E-state index contributed by atoms with van der Waals surface area (Å²) in [7, 11) is 1.73. The molecule has 15 heavy (non-hydrogen) atoms. The molecule has 0 aromatic carbocycles. The molecule has 1 aliphatic rings. The number of ether oxygens (including phenoxy) is 1. The van der Waals surface area contributed by atoms with Gasteiger partial charge in [-0.15, -0.1) is 0 Å². The first-order valence-electron chi connectivity index (χ1n) is 5.94. The summed E-state index contributed by atoms with van der Waals surface area (Å²) < 4.78 is 5.10. The third kappa shape index (κ3) is 2.92. The normalized spacial score (nSPS) is 30.0. The Kier molecular flexibility index (Phi) is 4.56. The molecular formula is C12H25NO2. The zero-order chi connectivity index (χ0) is 11.5. The monoisotopic (exact) mass is 215 g/mol. The van der Waals surface area contributed by atoms with Gasteiger partial charge in [0.1, 0.15) is 0 Å². The van der Waals surface area contributed by atoms with Crippen LogP contribution in [0.25, 0.3) is 0 Å². The summed E-state index contributed by atoms with van der Waals surface area (Å²) in [5.74, 6) is 0. The lowest BCUT2D eigenvalue weighted by Gasteiger charge is -2.33. The average Bonchev–Trinajstić information content (AvgIpc) is 2.46. The van der Waals surface area contributed by atoms with E-state index in [0.29, 0.717) is 6.04 Å². The second kappa shape index (κ2) is 5.28. The molecular weight excluding hydrogens is 190 g/mol. The number of methoxy groups -OCH3 is 1. The fourth-order valence-corrected chi connectivity index (χ4v) is 2.50. The van der Waals surface area contributed by atoms with E-state index in [1.165, 1.54) is 0 Å². The maximum absolute atomic E-state index is 10.2. The topological polar surface area (TPSA) is 32.7 Å². The van der Waals surface area contributed by atoms with Crippen molar-refractivity contribution < 1.29 is 9.84 Å². The molecule has 1 saturated carbocycles. The molecule has 1 N–H and O–H groups in total. The fourth-order valence-electron chi connectivity index (χ4n) is 2.50. The maximum atomic E-state index is 10.2. The molecule has 0 radical (unpaired) electrons. The quantitative estimate of drug-likeness (QED) is 0.754. The molecule has 1 fully saturated rings. The van der Waals surface area contributed by atoms with E-state index in [1.807, 2.05) is 0 Å². The van der Waals surface area contributed by atoms with Crippen molar-refractivity contribution in [1.29, 1.82) is 0 Å². The number of hydrogen-bond donors (Lipinski definition) is 1. The van der Waals surface area contributed by atoms with Gasteiger partial charge in [0.05, 0.1) is 12.7 Å². The van der Waals surface area contributed by atoms with Crippen LogP contribution in [0.1, 0.15) is 33.6 Å². The first-order valence-corrected chi connectivity index (χ1v) is 5.94. The van der Waals surface area contributed by atoms with E-state index >= 15 is 0 Å². The molecule has 1 aliphatic carbocycles. The molecule has 1 rings (SSSR count). The highest BCUT2D eigenvalue weighted by atomic mass is 16.5. The van der Waals surface area contributed by atoms with Crippen LogP contribution in [0, 0.1) is 5.41 Å². The van der Waals surface area contributed by atoms with E-state index in [4.69, 9.17) is 4.74 Å². The van der Waals surface area contributed by atoms with Gasteiger partial charge in [-0.05, 0) is 24.8 Å². The number of aliphatic hydroxyl groups is 1. The van der Waals surface area contributed by atoms with Crippen molar-refractivity contribution in [2.24, 2.45) is 5.41 Å². The Morgan fingerprint density at radius 1 is 1.47 bits per heavy atom. The molecule has 3 nitrogen and oxygen atoms in total. The van der Waals surface area contributed by atoms with Crippen molar-refractivity contribution in [2.75, 3.05) is 26.8 Å². The van der Waals surface area contributed by atoms with Crippen molar-refractivity contribution in [2.45, 2.75) is 45.8 Å². The van der Waals surface area contributed by atoms with Gasteiger partial charge in [0.25, 0.3) is 0 Å². The summed E-state index contributed by atoms with van der Waals surface area (Å²) in [5, 5.41) is 10.2. The molecule has 0 aromatic heterocycles. The first-order chi connectivity index (χ1) is 7.03. The molecule has 0 aliphatic heterocycles. The van der Waals surface area contributed by atoms with Gasteiger partial charge in [-0.1, -0.05) is 20.8 Å². The first kappa shape index (κ1) is 12.9. The van der Waals surface area contributed by atoms with Crippen LogP contribution in [0.5, 0.6) is 0 Å². The maximum Gasteiger partial charge on any atom is 0.0746 e. The van der Waals surface area contributed by atoms with Gasteiger partial charge >= 0.3 is 0 Å². The van der Waals surface area contributed by atoms with Crippen molar-refractivity contribution >= 4 is 0 Å². The summed E-state index contributed by atoms with van der Waals surface area (Å²) in [6, 6.07) is 0.320. The predicted octanol–water partition coefficient (Wildman–Crippen LogP) is 1.50.